The van der Waals surface area contributed by atoms with Gasteiger partial charge in [-0.2, -0.15) is 7.05 Å². The minimum atomic E-state index is -0.0139. The summed E-state index contributed by atoms with van der Waals surface area (Å²) in [5.74, 6) is 0. The van der Waals surface area contributed by atoms with E-state index in [1.54, 1.807) is 7.05 Å². The monoisotopic (exact) mass is 114 g/mol. The topological polar surface area (TPSA) is 34.3 Å². The average Bonchev–Trinajstić information content (AvgIpc) is 1.67. The van der Waals surface area contributed by atoms with Crippen molar-refractivity contribution >= 4 is 0 Å². The molecule has 2 heteroatoms. The Balaban J connectivity index is 2.33. The summed E-state index contributed by atoms with van der Waals surface area (Å²) in [5.41, 5.74) is -0.0139. The van der Waals surface area contributed by atoms with Crippen molar-refractivity contribution in [2.24, 2.45) is 0 Å². The van der Waals surface area contributed by atoms with Gasteiger partial charge in [-0.1, -0.05) is 19.3 Å². The third kappa shape index (κ3) is 0.740. The molecule has 1 aliphatic carbocycles. The maximum Gasteiger partial charge on any atom is 0.0298 e. The van der Waals surface area contributed by atoms with E-state index in [4.69, 9.17) is 5.11 Å². The number of hydrogen-bond acceptors (Lipinski definition) is 1. The van der Waals surface area contributed by atoms with Crippen LogP contribution in [-0.4, -0.2) is 24.3 Å². The Morgan fingerprint density at radius 1 is 1.62 bits per heavy atom. The fraction of sp³-hybridized carbons (Fsp3) is 1.00. The Bertz CT molecular complexity index is 65.1. The summed E-state index contributed by atoms with van der Waals surface area (Å²) >= 11 is 0. The highest BCUT2D eigenvalue weighted by molar-refractivity contribution is 5.09. The Hall–Kier alpha value is -0.0800. The van der Waals surface area contributed by atoms with Crippen LogP contribution in [0, 0.1) is 0 Å². The van der Waals surface area contributed by atoms with Crippen molar-refractivity contribution in [1.82, 2.24) is 0 Å². The standard InChI is InChI=1S/C6H12NO/c1-7-6(5-8)3-2-4-6/h8H,2-5H2,1H3/q-1. The third-order valence-electron chi connectivity index (χ3n) is 2.05. The molecule has 0 heterocycles. The molecule has 48 valence electrons. The van der Waals surface area contributed by atoms with Gasteiger partial charge in [0.1, 0.15) is 0 Å². The molecule has 0 aromatic rings. The normalized spacial score (nSPS) is 24.8. The van der Waals surface area contributed by atoms with Gasteiger partial charge in [-0.15, -0.1) is 5.54 Å². The number of aliphatic hydroxyl groups is 1. The number of nitrogens with zero attached hydrogens (tertiary/aromatic N) is 1. The molecule has 1 saturated carbocycles. The molecular weight excluding hydrogens is 102 g/mol. The second kappa shape index (κ2) is 2.03. The van der Waals surface area contributed by atoms with E-state index in [-0.39, 0.29) is 12.1 Å². The first-order valence-electron chi connectivity index (χ1n) is 3.05. The molecule has 0 radical (unpaired) electrons. The lowest BCUT2D eigenvalue weighted by atomic mass is 9.78. The molecule has 0 spiro atoms. The molecule has 0 saturated heterocycles. The van der Waals surface area contributed by atoms with Gasteiger partial charge in [0.05, 0.1) is 0 Å². The number of rotatable bonds is 2. The summed E-state index contributed by atoms with van der Waals surface area (Å²) in [6.45, 7) is 0.240. The molecule has 0 aliphatic heterocycles. The van der Waals surface area contributed by atoms with Gasteiger partial charge in [-0.3, -0.25) is 0 Å². The number of aliphatic hydroxyl groups excluding tert-OH is 1. The van der Waals surface area contributed by atoms with Crippen LogP contribution < -0.4 is 0 Å². The summed E-state index contributed by atoms with van der Waals surface area (Å²) < 4.78 is 0. The molecule has 2 nitrogen and oxygen atoms in total. The Morgan fingerprint density at radius 2 is 2.25 bits per heavy atom. The second-order valence-corrected chi connectivity index (χ2v) is 2.46. The van der Waals surface area contributed by atoms with Crippen molar-refractivity contribution in [1.29, 1.82) is 0 Å². The Kier molecular flexibility index (Phi) is 1.54. The lowest BCUT2D eigenvalue weighted by Gasteiger charge is -2.51. The third-order valence-corrected chi connectivity index (χ3v) is 2.05. The molecule has 1 N–H and O–H groups in total. The first kappa shape index (κ1) is 6.05. The lowest BCUT2D eigenvalue weighted by Crippen LogP contribution is -2.39. The largest absolute Gasteiger partial charge is 0.658 e. The molecule has 0 atom stereocenters. The summed E-state index contributed by atoms with van der Waals surface area (Å²) in [5, 5.41) is 12.8. The van der Waals surface area contributed by atoms with Crippen LogP contribution in [0.25, 0.3) is 5.32 Å². The van der Waals surface area contributed by atoms with Crippen LogP contribution in [0.5, 0.6) is 0 Å². The summed E-state index contributed by atoms with van der Waals surface area (Å²) in [4.78, 5) is 0. The minimum Gasteiger partial charge on any atom is -0.658 e. The van der Waals surface area contributed by atoms with Crippen molar-refractivity contribution < 1.29 is 5.11 Å². The molecule has 0 aromatic carbocycles. The molecule has 1 aliphatic rings. The SMILES string of the molecule is C[N-]C1(CO)CCC1. The molecule has 8 heavy (non-hydrogen) atoms. The van der Waals surface area contributed by atoms with Crippen molar-refractivity contribution in [3.05, 3.63) is 5.32 Å². The zero-order valence-electron chi connectivity index (χ0n) is 5.22. The van der Waals surface area contributed by atoms with Crippen LogP contribution in [0.15, 0.2) is 0 Å². The van der Waals surface area contributed by atoms with E-state index in [9.17, 15) is 0 Å². The summed E-state index contributed by atoms with van der Waals surface area (Å²) in [6.07, 6.45) is 3.40. The summed E-state index contributed by atoms with van der Waals surface area (Å²) in [7, 11) is 1.79. The van der Waals surface area contributed by atoms with Gasteiger partial charge >= 0.3 is 0 Å². The molecule has 1 rings (SSSR count). The minimum absolute atomic E-state index is 0.0139. The highest BCUT2D eigenvalue weighted by Gasteiger charge is 2.24. The zero-order chi connectivity index (χ0) is 6.04. The average molecular weight is 114 g/mol. The predicted molar refractivity (Wildman–Crippen MR) is 33.0 cm³/mol. The Morgan fingerprint density at radius 3 is 2.25 bits per heavy atom. The quantitative estimate of drug-likeness (QED) is 0.568. The van der Waals surface area contributed by atoms with Gasteiger partial charge in [0.15, 0.2) is 0 Å². The fourth-order valence-electron chi connectivity index (χ4n) is 1.04. The smallest absolute Gasteiger partial charge is 0.0298 e. The van der Waals surface area contributed by atoms with Crippen molar-refractivity contribution in [3.63, 3.8) is 0 Å². The fourth-order valence-corrected chi connectivity index (χ4v) is 1.04. The van der Waals surface area contributed by atoms with Crippen LogP contribution in [0.2, 0.25) is 0 Å². The van der Waals surface area contributed by atoms with E-state index in [1.807, 2.05) is 0 Å². The van der Waals surface area contributed by atoms with Crippen LogP contribution in [0.4, 0.5) is 0 Å². The van der Waals surface area contributed by atoms with Gasteiger partial charge in [0, 0.05) is 6.61 Å². The van der Waals surface area contributed by atoms with E-state index < -0.39 is 0 Å². The maximum atomic E-state index is 8.74. The summed E-state index contributed by atoms with van der Waals surface area (Å²) in [6, 6.07) is 0. The predicted octanol–water partition coefficient (Wildman–Crippen LogP) is 0.905. The van der Waals surface area contributed by atoms with Gasteiger partial charge < -0.3 is 10.4 Å². The molecular formula is C6H12NO-. The van der Waals surface area contributed by atoms with Crippen molar-refractivity contribution in [3.8, 4) is 0 Å². The highest BCUT2D eigenvalue weighted by atomic mass is 16.3. The first-order chi connectivity index (χ1) is 3.83. The lowest BCUT2D eigenvalue weighted by molar-refractivity contribution is 0.151. The van der Waals surface area contributed by atoms with Crippen LogP contribution in [-0.2, 0) is 0 Å². The van der Waals surface area contributed by atoms with Crippen LogP contribution >= 0.6 is 0 Å². The molecule has 0 amide bonds. The van der Waals surface area contributed by atoms with Gasteiger partial charge in [-0.25, -0.2) is 0 Å². The molecule has 0 unspecified atom stereocenters. The van der Waals surface area contributed by atoms with Crippen molar-refractivity contribution in [2.45, 2.75) is 24.8 Å². The highest BCUT2D eigenvalue weighted by Crippen LogP contribution is 2.37. The first-order valence-corrected chi connectivity index (χ1v) is 3.05. The van der Waals surface area contributed by atoms with E-state index in [0.717, 1.165) is 12.8 Å². The van der Waals surface area contributed by atoms with Crippen molar-refractivity contribution in [2.75, 3.05) is 13.7 Å². The van der Waals surface area contributed by atoms with Gasteiger partial charge in [0.25, 0.3) is 0 Å². The van der Waals surface area contributed by atoms with Gasteiger partial charge in [0.2, 0.25) is 0 Å². The van der Waals surface area contributed by atoms with Crippen LogP contribution in [0.3, 0.4) is 0 Å². The molecule has 0 aromatic heterocycles. The molecule has 1 fully saturated rings. The maximum absolute atomic E-state index is 8.74. The number of hydrogen-bond donors (Lipinski definition) is 1. The second-order valence-electron chi connectivity index (χ2n) is 2.46. The Labute approximate surface area is 49.9 Å². The molecule has 0 bridgehead atoms. The van der Waals surface area contributed by atoms with E-state index in [0.29, 0.717) is 0 Å². The number of likely N-dealkylation sites (N-methyl/N-ethyl adjacent to an activating group) is 1. The van der Waals surface area contributed by atoms with Crippen LogP contribution in [0.1, 0.15) is 19.3 Å². The van der Waals surface area contributed by atoms with E-state index in [1.165, 1.54) is 6.42 Å². The van der Waals surface area contributed by atoms with Gasteiger partial charge in [-0.05, 0) is 0 Å². The van der Waals surface area contributed by atoms with E-state index >= 15 is 0 Å². The zero-order valence-corrected chi connectivity index (χ0v) is 5.22. The van der Waals surface area contributed by atoms with E-state index in [2.05, 4.69) is 5.32 Å².